The molecule has 0 heterocycles. The van der Waals surface area contributed by atoms with Gasteiger partial charge in [-0.15, -0.1) is 0 Å². The lowest BCUT2D eigenvalue weighted by Crippen LogP contribution is -2.67. The molecule has 6 heteroatoms. The van der Waals surface area contributed by atoms with Gasteiger partial charge in [0.2, 0.25) is 0 Å². The zero-order valence-electron chi connectivity index (χ0n) is 10.3. The third kappa shape index (κ3) is 4.50. The molecule has 0 radical (unpaired) electrons. The second-order valence-electron chi connectivity index (χ2n) is 4.56. The molecule has 0 saturated carbocycles. The highest BCUT2D eigenvalue weighted by Gasteiger charge is 2.44. The molecular formula is C11H26N2O4. The van der Waals surface area contributed by atoms with Gasteiger partial charge in [-0.25, -0.2) is 0 Å². The van der Waals surface area contributed by atoms with Gasteiger partial charge in [-0.05, 0) is 32.1 Å². The number of aliphatic hydroxyl groups excluding tert-OH is 4. The van der Waals surface area contributed by atoms with E-state index in [1.807, 2.05) is 0 Å². The van der Waals surface area contributed by atoms with E-state index in [-0.39, 0.29) is 45.7 Å². The van der Waals surface area contributed by atoms with Crippen molar-refractivity contribution in [1.29, 1.82) is 0 Å². The maximum atomic E-state index is 9.08. The van der Waals surface area contributed by atoms with E-state index in [2.05, 4.69) is 0 Å². The largest absolute Gasteiger partial charge is 0.396 e. The molecule has 0 aromatic rings. The van der Waals surface area contributed by atoms with Crippen LogP contribution < -0.4 is 11.5 Å². The molecule has 8 N–H and O–H groups in total. The maximum absolute atomic E-state index is 9.08. The van der Waals surface area contributed by atoms with Crippen LogP contribution in [0.4, 0.5) is 0 Å². The van der Waals surface area contributed by atoms with Crippen LogP contribution in [0.1, 0.15) is 32.1 Å². The van der Waals surface area contributed by atoms with Crippen LogP contribution in [-0.2, 0) is 0 Å². The summed E-state index contributed by atoms with van der Waals surface area (Å²) in [6.45, 7) is -0.365. The van der Waals surface area contributed by atoms with Crippen LogP contribution in [0.5, 0.6) is 0 Å². The molecule has 1 atom stereocenters. The van der Waals surface area contributed by atoms with E-state index >= 15 is 0 Å². The van der Waals surface area contributed by atoms with Crippen molar-refractivity contribution in [2.45, 2.75) is 43.2 Å². The zero-order chi connectivity index (χ0) is 13.4. The average Bonchev–Trinajstić information content (AvgIpc) is 2.27. The van der Waals surface area contributed by atoms with Gasteiger partial charge >= 0.3 is 0 Å². The topological polar surface area (TPSA) is 133 Å². The van der Waals surface area contributed by atoms with E-state index in [9.17, 15) is 0 Å². The van der Waals surface area contributed by atoms with Crippen molar-refractivity contribution in [3.63, 3.8) is 0 Å². The Kier molecular flexibility index (Phi) is 7.85. The van der Waals surface area contributed by atoms with Gasteiger partial charge < -0.3 is 31.9 Å². The molecule has 17 heavy (non-hydrogen) atoms. The molecule has 1 unspecified atom stereocenters. The maximum Gasteiger partial charge on any atom is 0.0449 e. The summed E-state index contributed by atoms with van der Waals surface area (Å²) in [5.41, 5.74) is 10.6. The minimum absolute atomic E-state index is 0.00128. The first kappa shape index (κ1) is 16.8. The summed E-state index contributed by atoms with van der Waals surface area (Å²) in [6, 6.07) is 0. The molecule has 6 nitrogen and oxygen atoms in total. The van der Waals surface area contributed by atoms with Crippen molar-refractivity contribution in [1.82, 2.24) is 0 Å². The predicted molar refractivity (Wildman–Crippen MR) is 65.3 cm³/mol. The molecule has 104 valence electrons. The van der Waals surface area contributed by atoms with E-state index < -0.39 is 11.1 Å². The van der Waals surface area contributed by atoms with Crippen LogP contribution in [0.15, 0.2) is 0 Å². The monoisotopic (exact) mass is 250 g/mol. The van der Waals surface area contributed by atoms with Crippen LogP contribution in [0, 0.1) is 0 Å². The smallest absolute Gasteiger partial charge is 0.0449 e. The minimum Gasteiger partial charge on any atom is -0.396 e. The number of rotatable bonds is 10. The average molecular weight is 250 g/mol. The highest BCUT2D eigenvalue weighted by molar-refractivity contribution is 5.06. The lowest BCUT2D eigenvalue weighted by molar-refractivity contribution is 0.0881. The first-order valence-electron chi connectivity index (χ1n) is 6.01. The fourth-order valence-corrected chi connectivity index (χ4v) is 2.24. The fourth-order valence-electron chi connectivity index (χ4n) is 2.24. The highest BCUT2D eigenvalue weighted by Crippen LogP contribution is 2.31. The van der Waals surface area contributed by atoms with Crippen molar-refractivity contribution < 1.29 is 20.4 Å². The Morgan fingerprint density at radius 2 is 0.941 bits per heavy atom. The number of nitrogens with two attached hydrogens (primary N) is 2. The zero-order valence-corrected chi connectivity index (χ0v) is 10.3. The summed E-state index contributed by atoms with van der Waals surface area (Å²) in [6.07, 6.45) is 1.72. The molecule has 0 spiro atoms. The van der Waals surface area contributed by atoms with Crippen LogP contribution in [0.2, 0.25) is 0 Å². The molecule has 0 aromatic carbocycles. The molecule has 0 saturated heterocycles. The number of aliphatic hydroxyl groups is 4. The summed E-state index contributed by atoms with van der Waals surface area (Å²) < 4.78 is 0. The molecule has 0 aliphatic heterocycles. The minimum atomic E-state index is -0.936. The second-order valence-corrected chi connectivity index (χ2v) is 4.56. The van der Waals surface area contributed by atoms with E-state index in [4.69, 9.17) is 31.9 Å². The Morgan fingerprint density at radius 1 is 0.588 bits per heavy atom. The van der Waals surface area contributed by atoms with Gasteiger partial charge in [0.15, 0.2) is 0 Å². The van der Waals surface area contributed by atoms with Crippen LogP contribution >= 0.6 is 0 Å². The third-order valence-corrected chi connectivity index (χ3v) is 3.45. The summed E-state index contributed by atoms with van der Waals surface area (Å²) in [4.78, 5) is 0. The van der Waals surface area contributed by atoms with Crippen molar-refractivity contribution >= 4 is 0 Å². The molecule has 0 amide bonds. The fraction of sp³-hybridized carbons (Fsp3) is 1.00. The molecule has 0 aliphatic carbocycles. The molecule has 0 fully saturated rings. The molecule has 0 bridgehead atoms. The van der Waals surface area contributed by atoms with Gasteiger partial charge in [-0.3, -0.25) is 0 Å². The Morgan fingerprint density at radius 3 is 1.24 bits per heavy atom. The summed E-state index contributed by atoms with van der Waals surface area (Å²) >= 11 is 0. The SMILES string of the molecule is NC(CCO)(CCO)C(N)(CCO)CCCO. The van der Waals surface area contributed by atoms with Gasteiger partial charge in [0.05, 0.1) is 0 Å². The second kappa shape index (κ2) is 7.97. The standard InChI is InChI=1S/C11H26N2O4/c12-10(3-7-15,2-1-6-14)11(13,4-8-16)5-9-17/h14-17H,1-9,12-13H2. The van der Waals surface area contributed by atoms with Crippen molar-refractivity contribution in [3.05, 3.63) is 0 Å². The Hall–Kier alpha value is -0.240. The quantitative estimate of drug-likeness (QED) is 0.274. The Bertz CT molecular complexity index is 198. The third-order valence-electron chi connectivity index (χ3n) is 3.45. The van der Waals surface area contributed by atoms with E-state index in [1.54, 1.807) is 0 Å². The van der Waals surface area contributed by atoms with E-state index in [1.165, 1.54) is 0 Å². The number of hydrogen-bond donors (Lipinski definition) is 6. The van der Waals surface area contributed by atoms with Gasteiger partial charge in [0.1, 0.15) is 0 Å². The molecule has 0 aliphatic rings. The number of hydrogen-bond acceptors (Lipinski definition) is 6. The summed E-state index contributed by atoms with van der Waals surface area (Å²) in [5.74, 6) is 0. The van der Waals surface area contributed by atoms with Crippen LogP contribution in [-0.4, -0.2) is 57.9 Å². The van der Waals surface area contributed by atoms with Gasteiger partial charge in [-0.2, -0.15) is 0 Å². The first-order chi connectivity index (χ1) is 7.99. The highest BCUT2D eigenvalue weighted by atomic mass is 16.3. The summed E-state index contributed by atoms with van der Waals surface area (Å²) in [5, 5.41) is 36.1. The molecule has 0 aromatic heterocycles. The van der Waals surface area contributed by atoms with Crippen molar-refractivity contribution in [2.75, 3.05) is 26.4 Å². The lowest BCUT2D eigenvalue weighted by atomic mass is 9.69. The molecular weight excluding hydrogens is 224 g/mol. The van der Waals surface area contributed by atoms with Crippen LogP contribution in [0.3, 0.4) is 0 Å². The van der Waals surface area contributed by atoms with Crippen molar-refractivity contribution in [2.24, 2.45) is 11.5 Å². The molecule has 0 rings (SSSR count). The van der Waals surface area contributed by atoms with Crippen LogP contribution in [0.25, 0.3) is 0 Å². The first-order valence-corrected chi connectivity index (χ1v) is 6.01. The van der Waals surface area contributed by atoms with Crippen molar-refractivity contribution in [3.8, 4) is 0 Å². The van der Waals surface area contributed by atoms with E-state index in [0.29, 0.717) is 12.8 Å². The predicted octanol–water partition coefficient (Wildman–Crippen LogP) is -1.70. The van der Waals surface area contributed by atoms with Gasteiger partial charge in [-0.1, -0.05) is 0 Å². The summed E-state index contributed by atoms with van der Waals surface area (Å²) in [7, 11) is 0. The van der Waals surface area contributed by atoms with Gasteiger partial charge in [0, 0.05) is 37.5 Å². The van der Waals surface area contributed by atoms with E-state index in [0.717, 1.165) is 0 Å². The van der Waals surface area contributed by atoms with Gasteiger partial charge in [0.25, 0.3) is 0 Å². The normalized spacial score (nSPS) is 15.9. The Balaban J connectivity index is 4.90. The Labute approximate surface area is 102 Å². The lowest BCUT2D eigenvalue weighted by Gasteiger charge is -2.46.